The average molecular weight is 385 g/mol. The molecule has 11 heteroatoms. The highest BCUT2D eigenvalue weighted by molar-refractivity contribution is 7.92. The Morgan fingerprint density at radius 3 is 2.76 bits per heavy atom. The normalized spacial score (nSPS) is 12.0. The van der Waals surface area contributed by atoms with Crippen LogP contribution in [-0.4, -0.2) is 44.7 Å². The van der Waals surface area contributed by atoms with Crippen molar-refractivity contribution in [1.82, 2.24) is 19.7 Å². The highest BCUT2D eigenvalue weighted by Gasteiger charge is 2.23. The maximum absolute atomic E-state index is 12.4. The van der Waals surface area contributed by atoms with E-state index in [4.69, 9.17) is 16.7 Å². The number of fused-ring (bicyclic) bond motifs is 1. The largest absolute Gasteiger partial charge is 0.511 e. The van der Waals surface area contributed by atoms with E-state index in [-0.39, 0.29) is 21.6 Å². The number of nitrogens with one attached hydrogen (secondary N) is 1. The van der Waals surface area contributed by atoms with Gasteiger partial charge in [0.05, 0.1) is 38.6 Å². The highest BCUT2D eigenvalue weighted by atomic mass is 35.5. The first kappa shape index (κ1) is 17.2. The van der Waals surface area contributed by atoms with E-state index >= 15 is 0 Å². The van der Waals surface area contributed by atoms with Crippen LogP contribution in [0.2, 0.25) is 5.02 Å². The van der Waals surface area contributed by atoms with Gasteiger partial charge in [-0.1, -0.05) is 11.6 Å². The molecule has 0 amide bonds. The Morgan fingerprint density at radius 1 is 1.40 bits per heavy atom. The summed E-state index contributed by atoms with van der Waals surface area (Å²) in [7, 11) is -3.55. The van der Waals surface area contributed by atoms with Gasteiger partial charge in [-0.3, -0.25) is 0 Å². The van der Waals surface area contributed by atoms with E-state index in [1.807, 2.05) is 0 Å². The number of halogens is 1. The number of rotatable bonds is 4. The van der Waals surface area contributed by atoms with Crippen molar-refractivity contribution < 1.29 is 23.1 Å². The number of aromatic nitrogens is 4. The Balaban J connectivity index is 2.06. The lowest BCUT2D eigenvalue weighted by Gasteiger charge is -2.09. The second kappa shape index (κ2) is 6.05. The molecule has 0 aliphatic carbocycles. The molecule has 0 unspecified atom stereocenters. The van der Waals surface area contributed by atoms with Gasteiger partial charge in [0.2, 0.25) is 5.95 Å². The summed E-state index contributed by atoms with van der Waals surface area (Å²) >= 11 is 6.11. The second-order valence-corrected chi connectivity index (χ2v) is 8.32. The Kier molecular flexibility index (Phi) is 4.17. The molecule has 0 fully saturated rings. The average Bonchev–Trinajstić information content (AvgIpc) is 3.11. The van der Waals surface area contributed by atoms with Gasteiger partial charge in [0.1, 0.15) is 0 Å². The van der Waals surface area contributed by atoms with E-state index in [1.165, 1.54) is 29.2 Å². The fourth-order valence-corrected chi connectivity index (χ4v) is 3.76. The molecule has 0 saturated heterocycles. The van der Waals surface area contributed by atoms with Crippen LogP contribution in [0.5, 0.6) is 5.75 Å². The molecule has 2 aromatic heterocycles. The van der Waals surface area contributed by atoms with Crippen molar-refractivity contribution in [1.29, 1.82) is 0 Å². The molecule has 2 heterocycles. The maximum atomic E-state index is 12.4. The van der Waals surface area contributed by atoms with Crippen LogP contribution < -0.4 is 4.74 Å². The number of benzene rings is 1. The zero-order valence-corrected chi connectivity index (χ0v) is 14.7. The lowest BCUT2D eigenvalue weighted by molar-refractivity contribution is 0.144. The number of hydrogen-bond acceptors (Lipinski definition) is 6. The fourth-order valence-electron chi connectivity index (χ4n) is 2.15. The van der Waals surface area contributed by atoms with E-state index in [9.17, 15) is 13.2 Å². The van der Waals surface area contributed by atoms with Gasteiger partial charge in [-0.2, -0.15) is 5.10 Å². The van der Waals surface area contributed by atoms with Crippen LogP contribution >= 0.6 is 11.6 Å². The summed E-state index contributed by atoms with van der Waals surface area (Å²) in [6, 6.07) is 2.87. The standard InChI is InChI=1S/C14H13ClN4O5S/c1-7(2)25(22,23)12-4-11-10(3-9(12)15)17-13(18-11)19-6-8(5-16-19)24-14(20)21/h3-7H,1-2H3,(H,17,18)(H,20,21). The SMILES string of the molecule is CC(C)S(=O)(=O)c1cc2[nH]c(-n3cc(OC(=O)O)cn3)nc2cc1Cl. The minimum atomic E-state index is -3.55. The van der Waals surface area contributed by atoms with E-state index < -0.39 is 21.2 Å². The first-order chi connectivity index (χ1) is 11.7. The maximum Gasteiger partial charge on any atom is 0.511 e. The quantitative estimate of drug-likeness (QED) is 0.662. The van der Waals surface area contributed by atoms with E-state index in [0.717, 1.165) is 0 Å². The molecule has 3 rings (SSSR count). The fraction of sp³-hybridized carbons (Fsp3) is 0.214. The molecule has 0 radical (unpaired) electrons. The third-order valence-corrected chi connectivity index (χ3v) is 6.05. The zero-order chi connectivity index (χ0) is 18.4. The smallest absolute Gasteiger partial charge is 0.449 e. The molecule has 9 nitrogen and oxygen atoms in total. The van der Waals surface area contributed by atoms with Gasteiger partial charge >= 0.3 is 6.16 Å². The summed E-state index contributed by atoms with van der Waals surface area (Å²) in [5, 5.41) is 12.0. The predicted octanol–water partition coefficient (Wildman–Crippen LogP) is 2.64. The van der Waals surface area contributed by atoms with Crippen molar-refractivity contribution in [2.75, 3.05) is 0 Å². The van der Waals surface area contributed by atoms with E-state index in [0.29, 0.717) is 11.0 Å². The number of nitrogens with zero attached hydrogens (tertiary/aromatic N) is 3. The molecule has 25 heavy (non-hydrogen) atoms. The van der Waals surface area contributed by atoms with Crippen molar-refractivity contribution >= 4 is 38.6 Å². The Hall–Kier alpha value is -2.59. The number of carbonyl (C=O) groups is 1. The molecule has 0 atom stereocenters. The van der Waals surface area contributed by atoms with Gasteiger partial charge in [0.25, 0.3) is 0 Å². The second-order valence-electron chi connectivity index (χ2n) is 5.44. The minimum Gasteiger partial charge on any atom is -0.449 e. The molecule has 0 bridgehead atoms. The first-order valence-corrected chi connectivity index (χ1v) is 9.00. The van der Waals surface area contributed by atoms with Crippen molar-refractivity contribution in [3.05, 3.63) is 29.5 Å². The van der Waals surface area contributed by atoms with E-state index in [1.54, 1.807) is 13.8 Å². The third-order valence-electron chi connectivity index (χ3n) is 3.43. The van der Waals surface area contributed by atoms with Crippen molar-refractivity contribution in [2.45, 2.75) is 24.0 Å². The van der Waals surface area contributed by atoms with Gasteiger partial charge < -0.3 is 14.8 Å². The van der Waals surface area contributed by atoms with Gasteiger partial charge in [-0.05, 0) is 26.0 Å². The third kappa shape index (κ3) is 3.17. The summed E-state index contributed by atoms with van der Waals surface area (Å²) in [4.78, 5) is 17.7. The van der Waals surface area contributed by atoms with Crippen molar-refractivity contribution in [3.63, 3.8) is 0 Å². The van der Waals surface area contributed by atoms with Gasteiger partial charge in [-0.15, -0.1) is 0 Å². The minimum absolute atomic E-state index is 0.0160. The Labute approximate surface area is 147 Å². The number of imidazole rings is 1. The zero-order valence-electron chi connectivity index (χ0n) is 13.1. The van der Waals surface area contributed by atoms with Crippen LogP contribution in [0.25, 0.3) is 17.0 Å². The monoisotopic (exact) mass is 384 g/mol. The number of aromatic amines is 1. The van der Waals surface area contributed by atoms with Gasteiger partial charge in [0.15, 0.2) is 15.6 Å². The van der Waals surface area contributed by atoms with Crippen molar-refractivity contribution in [3.8, 4) is 11.7 Å². The van der Waals surface area contributed by atoms with Crippen LogP contribution in [0, 0.1) is 0 Å². The van der Waals surface area contributed by atoms with Crippen molar-refractivity contribution in [2.24, 2.45) is 0 Å². The summed E-state index contributed by atoms with van der Waals surface area (Å²) < 4.78 is 30.5. The summed E-state index contributed by atoms with van der Waals surface area (Å²) in [5.41, 5.74) is 0.897. The molecule has 3 aromatic rings. The summed E-state index contributed by atoms with van der Waals surface area (Å²) in [6.07, 6.45) is 1.07. The molecule has 0 saturated carbocycles. The number of ether oxygens (including phenoxy) is 1. The van der Waals surface area contributed by atoms with Crippen LogP contribution in [0.15, 0.2) is 29.4 Å². The first-order valence-electron chi connectivity index (χ1n) is 7.07. The summed E-state index contributed by atoms with van der Waals surface area (Å²) in [5.74, 6) is 0.277. The highest BCUT2D eigenvalue weighted by Crippen LogP contribution is 2.29. The lowest BCUT2D eigenvalue weighted by atomic mass is 10.3. The topological polar surface area (TPSA) is 127 Å². The molecule has 2 N–H and O–H groups in total. The molecule has 1 aromatic carbocycles. The van der Waals surface area contributed by atoms with Crippen LogP contribution in [-0.2, 0) is 9.84 Å². The molecule has 0 aliphatic heterocycles. The van der Waals surface area contributed by atoms with Crippen LogP contribution in [0.4, 0.5) is 4.79 Å². The molecule has 0 aliphatic rings. The molecular formula is C14H13ClN4O5S. The molecular weight excluding hydrogens is 372 g/mol. The summed E-state index contributed by atoms with van der Waals surface area (Å²) in [6.45, 7) is 3.14. The Morgan fingerprint density at radius 2 is 2.12 bits per heavy atom. The Bertz CT molecular complexity index is 1070. The molecule has 0 spiro atoms. The molecule has 132 valence electrons. The van der Waals surface area contributed by atoms with Crippen LogP contribution in [0.1, 0.15) is 13.8 Å². The van der Waals surface area contributed by atoms with Gasteiger partial charge in [-0.25, -0.2) is 22.9 Å². The predicted molar refractivity (Wildman–Crippen MR) is 89.2 cm³/mol. The number of carboxylic acid groups (broad SMARTS) is 1. The lowest BCUT2D eigenvalue weighted by Crippen LogP contribution is -2.14. The number of sulfone groups is 1. The van der Waals surface area contributed by atoms with Gasteiger partial charge in [0, 0.05) is 0 Å². The van der Waals surface area contributed by atoms with Crippen LogP contribution in [0.3, 0.4) is 0 Å². The number of H-pyrrole nitrogens is 1. The van der Waals surface area contributed by atoms with E-state index in [2.05, 4.69) is 19.8 Å². The number of hydrogen-bond donors (Lipinski definition) is 2.